The second-order valence-electron chi connectivity index (χ2n) is 6.04. The number of anilines is 1. The molecule has 0 radical (unpaired) electrons. The maximum atomic E-state index is 12.5. The fourth-order valence-corrected chi connectivity index (χ4v) is 4.09. The average molecular weight is 430 g/mol. The van der Waals surface area contributed by atoms with Crippen molar-refractivity contribution in [2.75, 3.05) is 12.4 Å². The van der Waals surface area contributed by atoms with Crippen molar-refractivity contribution in [1.29, 1.82) is 0 Å². The average Bonchev–Trinajstić information content (AvgIpc) is 2.72. The van der Waals surface area contributed by atoms with Crippen LogP contribution in [0.5, 0.6) is 5.75 Å². The molecule has 0 aliphatic carbocycles. The van der Waals surface area contributed by atoms with E-state index in [-0.39, 0.29) is 16.6 Å². The number of hydrogen-bond acceptors (Lipinski definition) is 6. The van der Waals surface area contributed by atoms with Crippen molar-refractivity contribution in [2.45, 2.75) is 15.5 Å². The van der Waals surface area contributed by atoms with E-state index in [0.29, 0.717) is 11.3 Å². The topological polar surface area (TPSA) is 111 Å². The van der Waals surface area contributed by atoms with Crippen molar-refractivity contribution < 1.29 is 17.9 Å². The lowest BCUT2D eigenvalue weighted by Gasteiger charge is -2.10. The lowest BCUT2D eigenvalue weighted by Crippen LogP contribution is -2.15. The number of thioether (sulfide) groups is 1. The number of nitrogens with two attached hydrogens (primary N) is 1. The van der Waals surface area contributed by atoms with Crippen molar-refractivity contribution >= 4 is 33.4 Å². The SMILES string of the molecule is COc1ccc(NC(=O)c2ccc(SCc3cccnc3)cc2)cc1S(N)(=O)=O. The fourth-order valence-electron chi connectivity index (χ4n) is 2.53. The molecule has 7 nitrogen and oxygen atoms in total. The van der Waals surface area contributed by atoms with E-state index in [0.717, 1.165) is 16.2 Å². The van der Waals surface area contributed by atoms with Crippen LogP contribution in [0.3, 0.4) is 0 Å². The fraction of sp³-hybridized carbons (Fsp3) is 0.100. The van der Waals surface area contributed by atoms with Gasteiger partial charge in [0.05, 0.1) is 7.11 Å². The number of nitrogens with zero attached hydrogens (tertiary/aromatic N) is 1. The van der Waals surface area contributed by atoms with E-state index in [1.807, 2.05) is 30.5 Å². The van der Waals surface area contributed by atoms with E-state index < -0.39 is 10.0 Å². The molecule has 0 saturated carbocycles. The molecule has 1 heterocycles. The summed E-state index contributed by atoms with van der Waals surface area (Å²) in [6.45, 7) is 0. The molecule has 150 valence electrons. The van der Waals surface area contributed by atoms with Crippen molar-refractivity contribution in [1.82, 2.24) is 4.98 Å². The van der Waals surface area contributed by atoms with Crippen LogP contribution in [0.4, 0.5) is 5.69 Å². The summed E-state index contributed by atoms with van der Waals surface area (Å²) < 4.78 is 28.4. The van der Waals surface area contributed by atoms with Gasteiger partial charge in [0.15, 0.2) is 0 Å². The maximum Gasteiger partial charge on any atom is 0.255 e. The molecule has 2 aromatic carbocycles. The number of primary sulfonamides is 1. The first-order chi connectivity index (χ1) is 13.9. The summed E-state index contributed by atoms with van der Waals surface area (Å²) in [6.07, 6.45) is 3.55. The zero-order valence-electron chi connectivity index (χ0n) is 15.5. The first-order valence-electron chi connectivity index (χ1n) is 8.51. The first-order valence-corrected chi connectivity index (χ1v) is 11.0. The van der Waals surface area contributed by atoms with E-state index in [4.69, 9.17) is 9.88 Å². The predicted octanol–water partition coefficient (Wildman–Crippen LogP) is 3.28. The van der Waals surface area contributed by atoms with E-state index in [1.165, 1.54) is 19.2 Å². The van der Waals surface area contributed by atoms with Gasteiger partial charge in [-0.15, -0.1) is 11.8 Å². The number of sulfonamides is 1. The summed E-state index contributed by atoms with van der Waals surface area (Å²) in [4.78, 5) is 17.4. The van der Waals surface area contributed by atoms with Crippen LogP contribution in [-0.2, 0) is 15.8 Å². The largest absolute Gasteiger partial charge is 0.495 e. The molecule has 0 fully saturated rings. The highest BCUT2D eigenvalue weighted by Gasteiger charge is 2.16. The van der Waals surface area contributed by atoms with Gasteiger partial charge in [-0.2, -0.15) is 0 Å². The summed E-state index contributed by atoms with van der Waals surface area (Å²) >= 11 is 1.64. The summed E-state index contributed by atoms with van der Waals surface area (Å²) in [5, 5.41) is 7.87. The van der Waals surface area contributed by atoms with Crippen molar-refractivity contribution in [3.8, 4) is 5.75 Å². The van der Waals surface area contributed by atoms with Gasteiger partial charge < -0.3 is 10.1 Å². The van der Waals surface area contributed by atoms with E-state index in [1.54, 1.807) is 36.2 Å². The van der Waals surface area contributed by atoms with Crippen molar-refractivity contribution in [3.05, 3.63) is 78.1 Å². The number of carbonyl (C=O) groups excluding carboxylic acids is 1. The smallest absolute Gasteiger partial charge is 0.255 e. The van der Waals surface area contributed by atoms with Gasteiger partial charge in [-0.1, -0.05) is 6.07 Å². The number of hydrogen-bond donors (Lipinski definition) is 2. The van der Waals surface area contributed by atoms with Crippen LogP contribution in [-0.4, -0.2) is 26.4 Å². The molecule has 0 unspecified atom stereocenters. The highest BCUT2D eigenvalue weighted by molar-refractivity contribution is 7.98. The minimum atomic E-state index is -3.99. The number of aromatic nitrogens is 1. The molecule has 9 heteroatoms. The second kappa shape index (κ2) is 9.08. The second-order valence-corrected chi connectivity index (χ2v) is 8.62. The lowest BCUT2D eigenvalue weighted by molar-refractivity contribution is 0.102. The molecule has 0 spiro atoms. The number of methoxy groups -OCH3 is 1. The van der Waals surface area contributed by atoms with E-state index >= 15 is 0 Å². The monoisotopic (exact) mass is 429 g/mol. The van der Waals surface area contributed by atoms with E-state index in [9.17, 15) is 13.2 Å². The van der Waals surface area contributed by atoms with Crippen molar-refractivity contribution in [3.63, 3.8) is 0 Å². The number of pyridine rings is 1. The van der Waals surface area contributed by atoms with E-state index in [2.05, 4.69) is 10.3 Å². The maximum absolute atomic E-state index is 12.5. The molecule has 29 heavy (non-hydrogen) atoms. The number of amides is 1. The van der Waals surface area contributed by atoms with Crippen LogP contribution in [0.15, 0.2) is 76.8 Å². The third-order valence-corrected chi connectivity index (χ3v) is 5.99. The molecule has 0 saturated heterocycles. The van der Waals surface area contributed by atoms with Crippen LogP contribution in [0.2, 0.25) is 0 Å². The normalized spacial score (nSPS) is 11.1. The molecule has 3 aromatic rings. The summed E-state index contributed by atoms with van der Waals surface area (Å²) in [5.74, 6) is 0.529. The molecule has 0 aliphatic heterocycles. The first kappa shape index (κ1) is 20.8. The number of benzene rings is 2. The molecular weight excluding hydrogens is 410 g/mol. The molecule has 0 aliphatic rings. The lowest BCUT2D eigenvalue weighted by atomic mass is 10.2. The molecule has 1 amide bonds. The molecule has 3 N–H and O–H groups in total. The van der Waals surface area contributed by atoms with Gasteiger partial charge in [-0.05, 0) is 54.1 Å². The Labute approximate surface area is 173 Å². The molecule has 0 atom stereocenters. The minimum absolute atomic E-state index is 0.112. The Balaban J connectivity index is 1.68. The Morgan fingerprint density at radius 1 is 1.17 bits per heavy atom. The van der Waals surface area contributed by atoms with Gasteiger partial charge >= 0.3 is 0 Å². The molecular formula is C20H19N3O4S2. The van der Waals surface area contributed by atoms with Gasteiger partial charge in [0.2, 0.25) is 10.0 Å². The zero-order chi connectivity index (χ0) is 20.9. The molecule has 0 bridgehead atoms. The minimum Gasteiger partial charge on any atom is -0.495 e. The highest BCUT2D eigenvalue weighted by Crippen LogP contribution is 2.27. The van der Waals surface area contributed by atoms with Crippen LogP contribution < -0.4 is 15.2 Å². The Bertz CT molecular complexity index is 1100. The molecule has 1 aromatic heterocycles. The van der Waals surface area contributed by atoms with Gasteiger partial charge in [-0.3, -0.25) is 9.78 Å². The highest BCUT2D eigenvalue weighted by atomic mass is 32.2. The number of nitrogens with one attached hydrogen (secondary N) is 1. The van der Waals surface area contributed by atoms with Crippen LogP contribution in [0.1, 0.15) is 15.9 Å². The van der Waals surface area contributed by atoms with Gasteiger partial charge in [-0.25, -0.2) is 13.6 Å². The number of rotatable bonds is 7. The summed E-state index contributed by atoms with van der Waals surface area (Å²) in [6, 6.07) is 15.3. The van der Waals surface area contributed by atoms with Gasteiger partial charge in [0.1, 0.15) is 10.6 Å². The number of carbonyl (C=O) groups is 1. The third-order valence-electron chi connectivity index (χ3n) is 3.97. The Kier molecular flexibility index (Phi) is 6.53. The Morgan fingerprint density at radius 2 is 1.93 bits per heavy atom. The van der Waals surface area contributed by atoms with Gasteiger partial charge in [0, 0.05) is 34.3 Å². The number of ether oxygens (including phenoxy) is 1. The Hall–Kier alpha value is -2.88. The quantitative estimate of drug-likeness (QED) is 0.558. The standard InChI is InChI=1S/C20H19N3O4S2/c1-27-18-9-6-16(11-19(18)29(21,25)26)23-20(24)15-4-7-17(8-5-15)28-13-14-3-2-10-22-12-14/h2-12H,13H2,1H3,(H,23,24)(H2,21,25,26). The van der Waals surface area contributed by atoms with Crippen LogP contribution in [0, 0.1) is 0 Å². The van der Waals surface area contributed by atoms with Crippen LogP contribution >= 0.6 is 11.8 Å². The Morgan fingerprint density at radius 3 is 2.55 bits per heavy atom. The zero-order valence-corrected chi connectivity index (χ0v) is 17.2. The predicted molar refractivity (Wildman–Crippen MR) is 113 cm³/mol. The van der Waals surface area contributed by atoms with Crippen LogP contribution in [0.25, 0.3) is 0 Å². The molecule has 3 rings (SSSR count). The van der Waals surface area contributed by atoms with Gasteiger partial charge in [0.25, 0.3) is 5.91 Å². The van der Waals surface area contributed by atoms with Crippen molar-refractivity contribution in [2.24, 2.45) is 5.14 Å². The third kappa shape index (κ3) is 5.57. The summed E-state index contributed by atoms with van der Waals surface area (Å²) in [5.41, 5.74) is 1.86. The summed E-state index contributed by atoms with van der Waals surface area (Å²) in [7, 11) is -2.64.